The number of thiol groups is 2. The van der Waals surface area contributed by atoms with Crippen molar-refractivity contribution in [1.29, 1.82) is 0 Å². The summed E-state index contributed by atoms with van der Waals surface area (Å²) in [7, 11) is 0. The lowest BCUT2D eigenvalue weighted by Gasteiger charge is -2.02. The minimum Gasteiger partial charge on any atom is -0.183 e. The molecule has 0 aromatic rings. The van der Waals surface area contributed by atoms with E-state index in [0.29, 0.717) is 0 Å². The van der Waals surface area contributed by atoms with Gasteiger partial charge in [0.15, 0.2) is 0 Å². The number of rotatable bonds is 5. The van der Waals surface area contributed by atoms with Gasteiger partial charge in [-0.1, -0.05) is 19.9 Å². The molecule has 0 fully saturated rings. The topological polar surface area (TPSA) is 0 Å². The first-order chi connectivity index (χ1) is 10.6. The van der Waals surface area contributed by atoms with Crippen molar-refractivity contribution >= 4 is 60.5 Å². The summed E-state index contributed by atoms with van der Waals surface area (Å²) < 4.78 is 0. The molecular formula is C17H40S5. The molecule has 0 aliphatic carbocycles. The summed E-state index contributed by atoms with van der Waals surface area (Å²) in [5.74, 6) is 4.83. The largest absolute Gasteiger partial charge is 0.183 e. The van der Waals surface area contributed by atoms with E-state index in [1.807, 2.05) is 42.2 Å². The average molecular weight is 405 g/mol. The Kier molecular flexibility index (Phi) is 118. The first-order valence-electron chi connectivity index (χ1n) is 6.90. The zero-order chi connectivity index (χ0) is 19.2. The van der Waals surface area contributed by atoms with Crippen molar-refractivity contribution in [3.8, 4) is 12.3 Å². The van der Waals surface area contributed by atoms with Crippen LogP contribution in [0, 0.1) is 12.3 Å². The zero-order valence-corrected chi connectivity index (χ0v) is 20.4. The Hall–Kier alpha value is 1.05. The molecule has 0 saturated carbocycles. The molecule has 0 bridgehead atoms. The van der Waals surface area contributed by atoms with Gasteiger partial charge in [-0.25, -0.2) is 0 Å². The lowest BCUT2D eigenvalue weighted by atomic mass is 10.6. The van der Waals surface area contributed by atoms with Gasteiger partial charge in [-0.05, 0) is 57.3 Å². The molecule has 0 nitrogen and oxygen atoms in total. The lowest BCUT2D eigenvalue weighted by molar-refractivity contribution is 1.11. The molecule has 5 heteroatoms. The van der Waals surface area contributed by atoms with E-state index >= 15 is 0 Å². The molecule has 0 heterocycles. The van der Waals surface area contributed by atoms with Gasteiger partial charge in [-0.2, -0.15) is 60.5 Å². The van der Waals surface area contributed by atoms with Crippen LogP contribution in [-0.2, 0) is 0 Å². The molecule has 0 aromatic heterocycles. The second kappa shape index (κ2) is 67.3. The maximum Gasteiger partial charge on any atom is 0.0106 e. The molecule has 0 radical (unpaired) electrons. The summed E-state index contributed by atoms with van der Waals surface area (Å²) in [5.41, 5.74) is 0. The molecule has 0 amide bonds. The van der Waals surface area contributed by atoms with Crippen molar-refractivity contribution in [3.05, 3.63) is 12.7 Å². The van der Waals surface area contributed by atoms with Crippen molar-refractivity contribution in [2.24, 2.45) is 0 Å². The fourth-order valence-electron chi connectivity index (χ4n) is 0.507. The van der Waals surface area contributed by atoms with Gasteiger partial charge in [-0.15, -0.1) is 18.9 Å². The number of allylic oxidation sites excluding steroid dienone is 1. The first kappa shape index (κ1) is 38.6. The lowest BCUT2D eigenvalue weighted by Crippen LogP contribution is -1.96. The molecule has 0 aliphatic heterocycles. The molecular weight excluding hydrogens is 365 g/mol. The molecule has 0 aliphatic rings. The predicted molar refractivity (Wildman–Crippen MR) is 130 cm³/mol. The van der Waals surface area contributed by atoms with Crippen molar-refractivity contribution in [2.75, 3.05) is 42.8 Å². The Morgan fingerprint density at radius 3 is 1.50 bits per heavy atom. The third-order valence-corrected chi connectivity index (χ3v) is 4.04. The van der Waals surface area contributed by atoms with Crippen LogP contribution in [0.25, 0.3) is 0 Å². The van der Waals surface area contributed by atoms with Crippen molar-refractivity contribution < 1.29 is 0 Å². The fraction of sp³-hybridized carbons (Fsp3) is 0.765. The SMILES string of the molecule is C#CC.C=CC.CCCSC.CS.CS.CSCC(C)SC. The van der Waals surface area contributed by atoms with E-state index in [4.69, 9.17) is 0 Å². The summed E-state index contributed by atoms with van der Waals surface area (Å²) >= 11 is 12.8. The van der Waals surface area contributed by atoms with Crippen LogP contribution < -0.4 is 0 Å². The molecule has 0 saturated heterocycles. The van der Waals surface area contributed by atoms with E-state index in [2.05, 4.69) is 76.8 Å². The van der Waals surface area contributed by atoms with Crippen molar-refractivity contribution in [2.45, 2.75) is 39.4 Å². The Morgan fingerprint density at radius 2 is 1.45 bits per heavy atom. The Labute approximate surface area is 167 Å². The van der Waals surface area contributed by atoms with Gasteiger partial charge in [-0.3, -0.25) is 0 Å². The molecule has 0 aromatic carbocycles. The van der Waals surface area contributed by atoms with Crippen molar-refractivity contribution in [3.63, 3.8) is 0 Å². The maximum atomic E-state index is 4.60. The highest BCUT2D eigenvalue weighted by Gasteiger charge is 1.93. The average Bonchev–Trinajstić information content (AvgIpc) is 2.54. The second-order valence-electron chi connectivity index (χ2n) is 3.19. The normalized spacial score (nSPS) is 7.91. The minimum atomic E-state index is 0.829. The van der Waals surface area contributed by atoms with E-state index in [1.165, 1.54) is 17.9 Å². The summed E-state index contributed by atoms with van der Waals surface area (Å²) in [6, 6.07) is 0. The Morgan fingerprint density at radius 1 is 1.14 bits per heavy atom. The zero-order valence-electron chi connectivity index (χ0n) is 16.2. The summed E-state index contributed by atoms with van der Waals surface area (Å²) in [6.07, 6.45) is 17.5. The van der Waals surface area contributed by atoms with Crippen LogP contribution in [0.1, 0.15) is 34.1 Å². The number of hydrogen-bond donors (Lipinski definition) is 2. The van der Waals surface area contributed by atoms with Crippen LogP contribution in [0.5, 0.6) is 0 Å². The molecule has 0 spiro atoms. The second-order valence-corrected chi connectivity index (χ2v) is 6.36. The van der Waals surface area contributed by atoms with Crippen molar-refractivity contribution in [1.82, 2.24) is 0 Å². The van der Waals surface area contributed by atoms with Gasteiger partial charge < -0.3 is 0 Å². The summed E-state index contributed by atoms with van der Waals surface area (Å²) in [5, 5.41) is 0.829. The van der Waals surface area contributed by atoms with Crippen LogP contribution in [0.15, 0.2) is 12.7 Å². The van der Waals surface area contributed by atoms with Gasteiger partial charge in [0.2, 0.25) is 0 Å². The van der Waals surface area contributed by atoms with Gasteiger partial charge in [0.05, 0.1) is 0 Å². The quantitative estimate of drug-likeness (QED) is 0.294. The maximum absolute atomic E-state index is 4.60. The summed E-state index contributed by atoms with van der Waals surface area (Å²) in [4.78, 5) is 0. The van der Waals surface area contributed by atoms with Gasteiger partial charge in [0.25, 0.3) is 0 Å². The highest BCUT2D eigenvalue weighted by Crippen LogP contribution is 2.09. The molecule has 0 N–H and O–H groups in total. The number of hydrogen-bond acceptors (Lipinski definition) is 5. The van der Waals surface area contributed by atoms with Crippen LogP contribution in [0.4, 0.5) is 0 Å². The minimum absolute atomic E-state index is 0.829. The molecule has 1 atom stereocenters. The summed E-state index contributed by atoms with van der Waals surface area (Å²) in [6.45, 7) is 11.3. The van der Waals surface area contributed by atoms with Gasteiger partial charge >= 0.3 is 0 Å². The highest BCUT2D eigenvalue weighted by molar-refractivity contribution is 8.02. The van der Waals surface area contributed by atoms with Gasteiger partial charge in [0, 0.05) is 11.0 Å². The van der Waals surface area contributed by atoms with E-state index in [1.54, 1.807) is 25.5 Å². The molecule has 138 valence electrons. The third kappa shape index (κ3) is 131. The Balaban J connectivity index is -0.0000000378. The van der Waals surface area contributed by atoms with Crippen LogP contribution in [0.3, 0.4) is 0 Å². The van der Waals surface area contributed by atoms with Crippen LogP contribution >= 0.6 is 60.5 Å². The monoisotopic (exact) mass is 404 g/mol. The molecule has 0 rings (SSSR count). The van der Waals surface area contributed by atoms with Gasteiger partial charge in [0.1, 0.15) is 0 Å². The standard InChI is InChI=1S/C5H12S2.C4H10S.C3H6.C3H4.2CH4S/c1-5(7-3)4-6-2;1-3-4-5-2;2*1-3-2;2*1-2/h5H,4H2,1-3H3;3-4H2,1-2H3;3H,1H2,2H3;1H,2H3;2*2H,1H3. The van der Waals surface area contributed by atoms with E-state index in [9.17, 15) is 0 Å². The predicted octanol–water partition coefficient (Wildman–Crippen LogP) is 6.78. The van der Waals surface area contributed by atoms with Crippen LogP contribution in [0.2, 0.25) is 0 Å². The number of terminal acetylenes is 1. The fourth-order valence-corrected chi connectivity index (χ4v) is 2.34. The Bertz CT molecular complexity index is 154. The third-order valence-electron chi connectivity index (χ3n) is 1.21. The smallest absolute Gasteiger partial charge is 0.0106 e. The molecule has 22 heavy (non-hydrogen) atoms. The van der Waals surface area contributed by atoms with E-state index < -0.39 is 0 Å². The van der Waals surface area contributed by atoms with Crippen LogP contribution in [-0.4, -0.2) is 48.0 Å². The highest BCUT2D eigenvalue weighted by atomic mass is 32.2. The van der Waals surface area contributed by atoms with E-state index in [-0.39, 0.29) is 0 Å². The number of thioether (sulfide) groups is 3. The molecule has 1 unspecified atom stereocenters. The first-order valence-corrected chi connectivity index (χ1v) is 12.8. The van der Waals surface area contributed by atoms with E-state index in [0.717, 1.165) is 5.25 Å².